The van der Waals surface area contributed by atoms with Crippen molar-refractivity contribution in [3.05, 3.63) is 45.3 Å². The van der Waals surface area contributed by atoms with Gasteiger partial charge in [-0.15, -0.1) is 11.3 Å². The normalized spacial score (nSPS) is 12.1. The van der Waals surface area contributed by atoms with Crippen molar-refractivity contribution < 1.29 is 4.79 Å². The number of aromatic amines is 1. The Kier molecular flexibility index (Phi) is 4.65. The van der Waals surface area contributed by atoms with Gasteiger partial charge >= 0.3 is 0 Å². The summed E-state index contributed by atoms with van der Waals surface area (Å²) < 4.78 is 0. The molecule has 2 heterocycles. The number of rotatable bonds is 5. The largest absolute Gasteiger partial charge is 0.328 e. The van der Waals surface area contributed by atoms with Crippen LogP contribution in [0.5, 0.6) is 0 Å². The molecule has 20 heavy (non-hydrogen) atoms. The van der Waals surface area contributed by atoms with Crippen molar-refractivity contribution >= 4 is 22.4 Å². The third kappa shape index (κ3) is 3.52. The minimum Gasteiger partial charge on any atom is -0.328 e. The molecule has 0 saturated carbocycles. The highest BCUT2D eigenvalue weighted by Crippen LogP contribution is 2.20. The fourth-order valence-corrected chi connectivity index (χ4v) is 2.47. The van der Waals surface area contributed by atoms with Crippen molar-refractivity contribution in [2.24, 2.45) is 0 Å². The number of thiazole rings is 1. The Morgan fingerprint density at radius 1 is 1.50 bits per heavy atom. The number of hydrogen-bond acceptors (Lipinski definition) is 5. The Bertz CT molecular complexity index is 629. The lowest BCUT2D eigenvalue weighted by atomic mass is 10.2. The molecule has 0 aromatic carbocycles. The van der Waals surface area contributed by atoms with Crippen molar-refractivity contribution in [1.82, 2.24) is 15.3 Å². The van der Waals surface area contributed by atoms with Crippen LogP contribution in [0.3, 0.4) is 0 Å². The number of pyridine rings is 1. The van der Waals surface area contributed by atoms with Crippen molar-refractivity contribution in [1.29, 1.82) is 0 Å². The summed E-state index contributed by atoms with van der Waals surface area (Å²) in [6, 6.07) is 2.94. The van der Waals surface area contributed by atoms with Gasteiger partial charge in [-0.2, -0.15) is 0 Å². The van der Waals surface area contributed by atoms with Gasteiger partial charge in [-0.1, -0.05) is 6.92 Å². The molecule has 0 saturated heterocycles. The first kappa shape index (κ1) is 14.4. The topological polar surface area (TPSA) is 86.9 Å². The molecule has 0 fully saturated rings. The van der Waals surface area contributed by atoms with Crippen molar-refractivity contribution in [2.45, 2.75) is 19.9 Å². The number of amides is 1. The zero-order valence-electron chi connectivity index (χ0n) is 11.3. The lowest BCUT2D eigenvalue weighted by molar-refractivity contribution is 0.102. The Morgan fingerprint density at radius 2 is 2.30 bits per heavy atom. The number of nitrogens with zero attached hydrogens (tertiary/aromatic N) is 1. The standard InChI is InChI=1S/C13H16N4O2S/c1-3-14-8(2)10-7-20-13(16-10)17-12(19)9-4-5-11(18)15-6-9/h4-8,14H,3H2,1-2H3,(H,15,18)(H,16,17,19). The number of hydrogen-bond donors (Lipinski definition) is 3. The predicted molar refractivity (Wildman–Crippen MR) is 79.2 cm³/mol. The number of nitrogens with one attached hydrogen (secondary N) is 3. The van der Waals surface area contributed by atoms with E-state index in [2.05, 4.69) is 20.6 Å². The quantitative estimate of drug-likeness (QED) is 0.783. The van der Waals surface area contributed by atoms with Gasteiger partial charge in [0.15, 0.2) is 5.13 Å². The molecule has 2 rings (SSSR count). The van der Waals surface area contributed by atoms with E-state index in [4.69, 9.17) is 0 Å². The van der Waals surface area contributed by atoms with E-state index in [-0.39, 0.29) is 17.5 Å². The lowest BCUT2D eigenvalue weighted by Gasteiger charge is -2.08. The van der Waals surface area contributed by atoms with Crippen LogP contribution < -0.4 is 16.2 Å². The van der Waals surface area contributed by atoms with Gasteiger partial charge in [-0.25, -0.2) is 4.98 Å². The summed E-state index contributed by atoms with van der Waals surface area (Å²) in [6.45, 7) is 4.91. The van der Waals surface area contributed by atoms with Crippen LogP contribution in [0.25, 0.3) is 0 Å². The minimum absolute atomic E-state index is 0.148. The van der Waals surface area contributed by atoms with E-state index < -0.39 is 0 Å². The van der Waals surface area contributed by atoms with Crippen LogP contribution >= 0.6 is 11.3 Å². The highest BCUT2D eigenvalue weighted by atomic mass is 32.1. The third-order valence-electron chi connectivity index (χ3n) is 2.74. The molecule has 106 valence electrons. The molecule has 0 radical (unpaired) electrons. The van der Waals surface area contributed by atoms with Gasteiger partial charge in [0.1, 0.15) is 0 Å². The summed E-state index contributed by atoms with van der Waals surface area (Å²) in [5, 5.41) is 8.43. The van der Waals surface area contributed by atoms with Crippen molar-refractivity contribution in [2.75, 3.05) is 11.9 Å². The Morgan fingerprint density at radius 3 is 2.95 bits per heavy atom. The second-order valence-electron chi connectivity index (χ2n) is 4.25. The summed E-state index contributed by atoms with van der Waals surface area (Å²) >= 11 is 1.37. The number of aromatic nitrogens is 2. The molecule has 1 atom stereocenters. The molecule has 0 spiro atoms. The van der Waals surface area contributed by atoms with Gasteiger partial charge in [0.05, 0.1) is 11.3 Å². The second kappa shape index (κ2) is 6.44. The molecule has 2 aromatic rings. The molecule has 1 unspecified atom stereocenters. The number of carbonyl (C=O) groups is 1. The highest BCUT2D eigenvalue weighted by molar-refractivity contribution is 7.14. The maximum Gasteiger partial charge on any atom is 0.258 e. The molecule has 3 N–H and O–H groups in total. The summed E-state index contributed by atoms with van der Waals surface area (Å²) in [5.74, 6) is -0.293. The monoisotopic (exact) mass is 292 g/mol. The Balaban J connectivity index is 2.05. The van der Waals surface area contributed by atoms with Crippen molar-refractivity contribution in [3.8, 4) is 0 Å². The molecule has 1 amide bonds. The van der Waals surface area contributed by atoms with E-state index in [9.17, 15) is 9.59 Å². The van der Waals surface area contributed by atoms with Gasteiger partial charge in [0.25, 0.3) is 5.91 Å². The predicted octanol–water partition coefficient (Wildman–Crippen LogP) is 1.75. The minimum atomic E-state index is -0.293. The molecule has 7 heteroatoms. The van der Waals surface area contributed by atoms with Crippen LogP contribution in [0.2, 0.25) is 0 Å². The first-order valence-corrected chi connectivity index (χ1v) is 7.17. The summed E-state index contributed by atoms with van der Waals surface area (Å²) in [5.41, 5.74) is 1.05. The molecule has 2 aromatic heterocycles. The van der Waals surface area contributed by atoms with Gasteiger partial charge in [0, 0.05) is 23.7 Å². The average molecular weight is 292 g/mol. The van der Waals surface area contributed by atoms with Crippen LogP contribution in [0, 0.1) is 0 Å². The maximum absolute atomic E-state index is 11.9. The average Bonchev–Trinajstić information content (AvgIpc) is 2.88. The fourth-order valence-electron chi connectivity index (χ4n) is 1.67. The zero-order valence-corrected chi connectivity index (χ0v) is 12.1. The Hall–Kier alpha value is -1.99. The second-order valence-corrected chi connectivity index (χ2v) is 5.11. The molecule has 0 aliphatic rings. The number of carbonyl (C=O) groups excluding carboxylic acids is 1. The van der Waals surface area contributed by atoms with Gasteiger partial charge < -0.3 is 10.3 Å². The van der Waals surface area contributed by atoms with Crippen LogP contribution in [-0.2, 0) is 0 Å². The lowest BCUT2D eigenvalue weighted by Crippen LogP contribution is -2.18. The molecule has 6 nitrogen and oxygen atoms in total. The van der Waals surface area contributed by atoms with E-state index in [1.807, 2.05) is 19.2 Å². The summed E-state index contributed by atoms with van der Waals surface area (Å²) in [4.78, 5) is 29.7. The Labute approximate surface area is 120 Å². The van der Waals surface area contributed by atoms with E-state index >= 15 is 0 Å². The van der Waals surface area contributed by atoms with Gasteiger partial charge in [0.2, 0.25) is 5.56 Å². The third-order valence-corrected chi connectivity index (χ3v) is 3.52. The van der Waals surface area contributed by atoms with E-state index in [0.717, 1.165) is 12.2 Å². The van der Waals surface area contributed by atoms with Gasteiger partial charge in [-0.05, 0) is 19.5 Å². The fraction of sp³-hybridized carbons (Fsp3) is 0.308. The first-order valence-electron chi connectivity index (χ1n) is 6.29. The van der Waals surface area contributed by atoms with Gasteiger partial charge in [-0.3, -0.25) is 14.9 Å². The van der Waals surface area contributed by atoms with E-state index in [0.29, 0.717) is 10.7 Å². The maximum atomic E-state index is 11.9. The van der Waals surface area contributed by atoms with Crippen LogP contribution in [0.1, 0.15) is 35.9 Å². The van der Waals surface area contributed by atoms with E-state index in [1.54, 1.807) is 0 Å². The summed E-state index contributed by atoms with van der Waals surface area (Å²) in [7, 11) is 0. The zero-order chi connectivity index (χ0) is 14.5. The smallest absolute Gasteiger partial charge is 0.258 e. The first-order chi connectivity index (χ1) is 9.60. The highest BCUT2D eigenvalue weighted by Gasteiger charge is 2.12. The molecule has 0 aliphatic carbocycles. The number of H-pyrrole nitrogens is 1. The SMILES string of the molecule is CCNC(C)c1csc(NC(=O)c2ccc(=O)[nH]c2)n1. The van der Waals surface area contributed by atoms with Crippen LogP contribution in [-0.4, -0.2) is 22.4 Å². The molecule has 0 aliphatic heterocycles. The van der Waals surface area contributed by atoms with E-state index in [1.165, 1.54) is 29.7 Å². The number of anilines is 1. The molecular formula is C13H16N4O2S. The summed E-state index contributed by atoms with van der Waals surface area (Å²) in [6.07, 6.45) is 1.38. The molecular weight excluding hydrogens is 276 g/mol. The van der Waals surface area contributed by atoms with Crippen LogP contribution in [0.4, 0.5) is 5.13 Å². The molecule has 0 bridgehead atoms. The van der Waals surface area contributed by atoms with Crippen molar-refractivity contribution in [3.63, 3.8) is 0 Å². The van der Waals surface area contributed by atoms with Crippen LogP contribution in [0.15, 0.2) is 28.5 Å².